The molecule has 0 aliphatic carbocycles. The third-order valence-corrected chi connectivity index (χ3v) is 7.57. The van der Waals surface area contributed by atoms with Crippen molar-refractivity contribution in [3.05, 3.63) is 133 Å². The van der Waals surface area contributed by atoms with E-state index in [-0.39, 0.29) is 39.1 Å². The fourth-order valence-corrected chi connectivity index (χ4v) is 4.90. The number of alkyl carbamates (subject to hydrolysis) is 1. The topological polar surface area (TPSA) is 169 Å². The van der Waals surface area contributed by atoms with E-state index in [2.05, 4.69) is 29.1 Å². The minimum absolute atomic E-state index is 0.00955. The summed E-state index contributed by atoms with van der Waals surface area (Å²) in [5, 5.41) is 17.6. The van der Waals surface area contributed by atoms with Gasteiger partial charge in [-0.05, 0) is 36.0 Å². The lowest BCUT2D eigenvalue weighted by Gasteiger charge is -2.23. The molecule has 0 aliphatic heterocycles. The van der Waals surface area contributed by atoms with Gasteiger partial charge in [-0.3, -0.25) is 9.59 Å². The van der Waals surface area contributed by atoms with Crippen molar-refractivity contribution >= 4 is 29.8 Å². The minimum atomic E-state index is -1.46. The largest absolute Gasteiger partial charge is 0.461 e. The van der Waals surface area contributed by atoms with Crippen LogP contribution in [0.25, 0.3) is 0 Å². The molecule has 0 aliphatic rings. The Hall–Kier alpha value is -5.75. The molecule has 3 rings (SSSR count). The average Bonchev–Trinajstić information content (AvgIpc) is 3.15. The third kappa shape index (κ3) is 14.7. The molecule has 3 aromatic rings. The quantitative estimate of drug-likeness (QED) is 0.0731. The van der Waals surface area contributed by atoms with Gasteiger partial charge in [0.25, 0.3) is 0 Å². The number of amides is 3. The molecule has 51 heavy (non-hydrogen) atoms. The highest BCUT2D eigenvalue weighted by atomic mass is 16.6. The van der Waals surface area contributed by atoms with E-state index in [0.29, 0.717) is 12.0 Å². The molecule has 0 spiro atoms. The molecule has 3 amide bonds. The Labute approximate surface area is 297 Å². The molecule has 0 saturated carbocycles. The van der Waals surface area contributed by atoms with Gasteiger partial charge in [0, 0.05) is 6.42 Å². The van der Waals surface area contributed by atoms with E-state index >= 15 is 0 Å². The summed E-state index contributed by atoms with van der Waals surface area (Å²) in [6, 6.07) is 23.9. The van der Waals surface area contributed by atoms with Crippen LogP contribution in [0.3, 0.4) is 0 Å². The normalized spacial score (nSPS) is 12.9. The van der Waals surface area contributed by atoms with Crippen molar-refractivity contribution in [2.24, 2.45) is 5.92 Å². The van der Waals surface area contributed by atoms with Crippen molar-refractivity contribution in [1.82, 2.24) is 16.0 Å². The highest BCUT2D eigenvalue weighted by Crippen LogP contribution is 2.13. The zero-order valence-electron chi connectivity index (χ0n) is 28.4. The number of carbonyl (C=O) groups is 5. The third-order valence-electron chi connectivity index (χ3n) is 7.57. The van der Waals surface area contributed by atoms with E-state index in [1.807, 2.05) is 36.4 Å². The Bertz CT molecular complexity index is 1570. The number of aliphatic hydroxyl groups excluding tert-OH is 1. The van der Waals surface area contributed by atoms with Crippen LogP contribution in [0.2, 0.25) is 0 Å². The van der Waals surface area contributed by atoms with Gasteiger partial charge >= 0.3 is 18.0 Å². The van der Waals surface area contributed by atoms with Crippen LogP contribution in [0.4, 0.5) is 4.79 Å². The Morgan fingerprint density at radius 1 is 0.647 bits per heavy atom. The molecule has 12 nitrogen and oxygen atoms in total. The predicted octanol–water partition coefficient (Wildman–Crippen LogP) is 3.93. The molecule has 0 saturated heterocycles. The first-order valence-corrected chi connectivity index (χ1v) is 16.5. The van der Waals surface area contributed by atoms with E-state index in [1.165, 1.54) is 12.2 Å². The Kier molecular flexibility index (Phi) is 17.2. The molecule has 0 heterocycles. The molecule has 0 aromatic heterocycles. The molecule has 4 N–H and O–H groups in total. The molecule has 3 aromatic carbocycles. The summed E-state index contributed by atoms with van der Waals surface area (Å²) in [5.41, 5.74) is 2.35. The summed E-state index contributed by atoms with van der Waals surface area (Å²) in [7, 11) is 0. The Morgan fingerprint density at radius 3 is 1.73 bits per heavy atom. The lowest BCUT2D eigenvalue weighted by Crippen LogP contribution is -2.49. The van der Waals surface area contributed by atoms with Crippen LogP contribution in [0.5, 0.6) is 0 Å². The zero-order valence-corrected chi connectivity index (χ0v) is 28.4. The number of allylic oxidation sites excluding steroid dienone is 1. The highest BCUT2D eigenvalue weighted by Gasteiger charge is 2.31. The average molecular weight is 700 g/mol. The fraction of sp³-hybridized carbons (Fsp3) is 0.308. The van der Waals surface area contributed by atoms with Gasteiger partial charge in [-0.2, -0.15) is 0 Å². The van der Waals surface area contributed by atoms with Crippen LogP contribution in [0, 0.1) is 5.92 Å². The predicted molar refractivity (Wildman–Crippen MR) is 190 cm³/mol. The van der Waals surface area contributed by atoms with Gasteiger partial charge in [0.2, 0.25) is 11.8 Å². The van der Waals surface area contributed by atoms with E-state index in [0.717, 1.165) is 11.1 Å². The van der Waals surface area contributed by atoms with Crippen molar-refractivity contribution in [3.8, 4) is 0 Å². The maximum Gasteiger partial charge on any atom is 0.408 e. The van der Waals surface area contributed by atoms with Gasteiger partial charge in [-0.15, -0.1) is 13.2 Å². The number of carbonyl (C=O) groups excluding carboxylic acids is 5. The first-order valence-electron chi connectivity index (χ1n) is 16.5. The second-order valence-electron chi connectivity index (χ2n) is 11.6. The van der Waals surface area contributed by atoms with Gasteiger partial charge in [-0.25, -0.2) is 14.4 Å². The number of hydrogen-bond acceptors (Lipinski definition) is 9. The number of nitrogens with one attached hydrogen (secondary N) is 3. The highest BCUT2D eigenvalue weighted by molar-refractivity contribution is 5.89. The molecular weight excluding hydrogens is 654 g/mol. The maximum absolute atomic E-state index is 13.5. The van der Waals surface area contributed by atoms with Crippen molar-refractivity contribution in [2.75, 3.05) is 13.2 Å². The van der Waals surface area contributed by atoms with Crippen LogP contribution in [-0.2, 0) is 53.0 Å². The standard InChI is InChI=1S/C39H45N3O9/c1-3-14-31(23-35(44)40-32(24-43)22-28-16-8-5-9-17-28)36(45)41-34(38(47)49-25-29-18-10-6-11-19-29)27-50-37(46)33(15-4-2)42-39(48)51-26-30-20-12-7-13-21-30/h3-13,16-21,31-34,43H,1-2,14-15,22-27H2,(H,40,44)(H,41,45)(H,42,48)/t31-,32+,33+,34+/m0/s1. The van der Waals surface area contributed by atoms with Crippen LogP contribution >= 0.6 is 0 Å². The van der Waals surface area contributed by atoms with Crippen molar-refractivity contribution < 1.29 is 43.3 Å². The summed E-state index contributed by atoms with van der Waals surface area (Å²) >= 11 is 0. The maximum atomic E-state index is 13.5. The summed E-state index contributed by atoms with van der Waals surface area (Å²) < 4.78 is 16.0. The second-order valence-corrected chi connectivity index (χ2v) is 11.6. The van der Waals surface area contributed by atoms with Gasteiger partial charge < -0.3 is 35.3 Å². The van der Waals surface area contributed by atoms with E-state index in [1.54, 1.807) is 54.6 Å². The number of rotatable bonds is 21. The van der Waals surface area contributed by atoms with Crippen LogP contribution in [0.1, 0.15) is 36.0 Å². The van der Waals surface area contributed by atoms with Crippen LogP contribution in [-0.4, -0.2) is 66.3 Å². The summed E-state index contributed by atoms with van der Waals surface area (Å²) in [6.07, 6.45) is 2.19. The van der Waals surface area contributed by atoms with Crippen molar-refractivity contribution in [2.45, 2.75) is 57.0 Å². The van der Waals surface area contributed by atoms with E-state index in [9.17, 15) is 29.1 Å². The molecule has 4 atom stereocenters. The van der Waals surface area contributed by atoms with Crippen LogP contribution in [0.15, 0.2) is 116 Å². The number of ether oxygens (including phenoxy) is 3. The number of aliphatic hydroxyl groups is 1. The number of esters is 2. The van der Waals surface area contributed by atoms with Crippen molar-refractivity contribution in [3.63, 3.8) is 0 Å². The molecule has 0 fully saturated rings. The smallest absolute Gasteiger partial charge is 0.408 e. The fourth-order valence-electron chi connectivity index (χ4n) is 4.90. The van der Waals surface area contributed by atoms with Gasteiger partial charge in [0.15, 0.2) is 6.04 Å². The second kappa shape index (κ2) is 22.1. The molecule has 12 heteroatoms. The zero-order chi connectivity index (χ0) is 36.8. The summed E-state index contributed by atoms with van der Waals surface area (Å²) in [4.78, 5) is 65.3. The van der Waals surface area contributed by atoms with Crippen LogP contribution < -0.4 is 16.0 Å². The first-order chi connectivity index (χ1) is 24.7. The molecule has 0 radical (unpaired) electrons. The molecule has 0 unspecified atom stereocenters. The van der Waals surface area contributed by atoms with Gasteiger partial charge in [0.05, 0.1) is 18.6 Å². The summed E-state index contributed by atoms with van der Waals surface area (Å²) in [5.74, 6) is -3.92. The number of benzene rings is 3. The van der Waals surface area contributed by atoms with E-state index < -0.39 is 60.5 Å². The Balaban J connectivity index is 1.66. The Morgan fingerprint density at radius 2 is 1.18 bits per heavy atom. The van der Waals surface area contributed by atoms with Crippen molar-refractivity contribution in [1.29, 1.82) is 0 Å². The molecular formula is C39H45N3O9. The SMILES string of the molecule is C=CC[C@@H](CC(=O)N[C@@H](CO)Cc1ccccc1)C(=O)N[C@H](COC(=O)[C@@H](CC=C)NC(=O)OCc1ccccc1)C(=O)OCc1ccccc1. The van der Waals surface area contributed by atoms with Gasteiger partial charge in [0.1, 0.15) is 25.9 Å². The molecule has 270 valence electrons. The minimum Gasteiger partial charge on any atom is -0.461 e. The number of hydrogen-bond donors (Lipinski definition) is 4. The lowest BCUT2D eigenvalue weighted by molar-refractivity contribution is -0.156. The molecule has 0 bridgehead atoms. The monoisotopic (exact) mass is 699 g/mol. The lowest BCUT2D eigenvalue weighted by atomic mass is 9.98. The van der Waals surface area contributed by atoms with Gasteiger partial charge in [-0.1, -0.05) is 103 Å². The summed E-state index contributed by atoms with van der Waals surface area (Å²) in [6.45, 7) is 6.21. The van der Waals surface area contributed by atoms with E-state index in [4.69, 9.17) is 14.2 Å². The first kappa shape index (κ1) is 39.7.